The van der Waals surface area contributed by atoms with Crippen LogP contribution in [0.25, 0.3) is 0 Å². The highest BCUT2D eigenvalue weighted by atomic mass is 19.4. The van der Waals surface area contributed by atoms with Crippen LogP contribution >= 0.6 is 0 Å². The Morgan fingerprint density at radius 2 is 1.66 bits per heavy atom. The second kappa shape index (κ2) is 9.28. The standard InChI is InChI=1S/C25H22F3N3O4/c1-24(2)22(32)31(19-8-10-20(11-9-19)35-25(26,27)28)23(33)30(24)15-18-12-13-29-14-21(18)34-16-17-6-4-3-5-7-17/h3-14H,15-16H2,1-2H3. The maximum absolute atomic E-state index is 13.3. The van der Waals surface area contributed by atoms with Gasteiger partial charge in [-0.1, -0.05) is 30.3 Å². The first kappa shape index (κ1) is 24.1. The van der Waals surface area contributed by atoms with Crippen molar-refractivity contribution in [1.29, 1.82) is 0 Å². The van der Waals surface area contributed by atoms with Gasteiger partial charge < -0.3 is 14.4 Å². The molecule has 182 valence electrons. The Kier molecular flexibility index (Phi) is 6.38. The molecule has 3 aromatic rings. The van der Waals surface area contributed by atoms with Crippen molar-refractivity contribution in [1.82, 2.24) is 9.88 Å². The minimum atomic E-state index is -4.84. The second-order valence-electron chi connectivity index (χ2n) is 8.37. The average Bonchev–Trinajstić information content (AvgIpc) is 2.98. The molecule has 0 radical (unpaired) electrons. The number of pyridine rings is 1. The molecular formula is C25H22F3N3O4. The van der Waals surface area contributed by atoms with E-state index in [2.05, 4.69) is 9.72 Å². The van der Waals surface area contributed by atoms with Crippen molar-refractivity contribution in [2.24, 2.45) is 0 Å². The Morgan fingerprint density at radius 3 is 2.31 bits per heavy atom. The molecule has 0 spiro atoms. The van der Waals surface area contributed by atoms with Crippen molar-refractivity contribution in [3.63, 3.8) is 0 Å². The number of aromatic nitrogens is 1. The molecule has 2 aromatic carbocycles. The molecule has 0 N–H and O–H groups in total. The van der Waals surface area contributed by atoms with Gasteiger partial charge in [-0.05, 0) is 49.7 Å². The summed E-state index contributed by atoms with van der Waals surface area (Å²) in [5.74, 6) is -0.485. The molecule has 1 aromatic heterocycles. The summed E-state index contributed by atoms with van der Waals surface area (Å²) in [6.07, 6.45) is -1.73. The number of rotatable bonds is 7. The SMILES string of the molecule is CC1(C)C(=O)N(c2ccc(OC(F)(F)F)cc2)C(=O)N1Cc1ccncc1OCc1ccccc1. The number of urea groups is 1. The van der Waals surface area contributed by atoms with Crippen molar-refractivity contribution in [3.05, 3.63) is 84.2 Å². The molecule has 4 rings (SSSR count). The number of nitrogens with zero attached hydrogens (tertiary/aromatic N) is 3. The molecule has 1 aliphatic rings. The molecule has 0 saturated carbocycles. The van der Waals surface area contributed by atoms with Gasteiger partial charge in [0.15, 0.2) is 0 Å². The Morgan fingerprint density at radius 1 is 0.971 bits per heavy atom. The van der Waals surface area contributed by atoms with Gasteiger partial charge in [0.1, 0.15) is 23.6 Å². The zero-order chi connectivity index (χ0) is 25.2. The number of imide groups is 1. The van der Waals surface area contributed by atoms with Gasteiger partial charge in [0.2, 0.25) is 0 Å². The van der Waals surface area contributed by atoms with Gasteiger partial charge in [0.05, 0.1) is 18.4 Å². The van der Waals surface area contributed by atoms with E-state index < -0.39 is 29.6 Å². The summed E-state index contributed by atoms with van der Waals surface area (Å²) >= 11 is 0. The highest BCUT2D eigenvalue weighted by Crippen LogP contribution is 2.35. The van der Waals surface area contributed by atoms with Gasteiger partial charge in [0.25, 0.3) is 5.91 Å². The minimum Gasteiger partial charge on any atom is -0.487 e. The second-order valence-corrected chi connectivity index (χ2v) is 8.37. The van der Waals surface area contributed by atoms with Crippen LogP contribution in [0.2, 0.25) is 0 Å². The van der Waals surface area contributed by atoms with Crippen LogP contribution in [0.4, 0.5) is 23.7 Å². The third kappa shape index (κ3) is 5.21. The Labute approximate surface area is 199 Å². The Balaban J connectivity index is 1.54. The minimum absolute atomic E-state index is 0.0655. The van der Waals surface area contributed by atoms with Crippen LogP contribution in [0.1, 0.15) is 25.0 Å². The monoisotopic (exact) mass is 485 g/mol. The predicted octanol–water partition coefficient (Wildman–Crippen LogP) is 5.31. The van der Waals surface area contributed by atoms with Gasteiger partial charge in [-0.3, -0.25) is 9.78 Å². The fourth-order valence-corrected chi connectivity index (χ4v) is 3.70. The van der Waals surface area contributed by atoms with Gasteiger partial charge in [-0.2, -0.15) is 0 Å². The number of ether oxygens (including phenoxy) is 2. The maximum atomic E-state index is 13.3. The number of alkyl halides is 3. The van der Waals surface area contributed by atoms with E-state index in [-0.39, 0.29) is 12.2 Å². The van der Waals surface area contributed by atoms with Crippen LogP contribution in [-0.2, 0) is 17.9 Å². The van der Waals surface area contributed by atoms with Crippen LogP contribution in [-0.4, -0.2) is 33.7 Å². The Hall–Kier alpha value is -4.08. The molecule has 35 heavy (non-hydrogen) atoms. The van der Waals surface area contributed by atoms with Crippen LogP contribution in [0.15, 0.2) is 73.1 Å². The molecule has 0 unspecified atom stereocenters. The molecule has 0 atom stereocenters. The van der Waals surface area contributed by atoms with Crippen LogP contribution < -0.4 is 14.4 Å². The third-order valence-electron chi connectivity index (χ3n) is 5.59. The number of hydrogen-bond acceptors (Lipinski definition) is 5. The zero-order valence-electron chi connectivity index (χ0n) is 19.0. The van der Waals surface area contributed by atoms with E-state index in [1.54, 1.807) is 32.3 Å². The van der Waals surface area contributed by atoms with Crippen LogP contribution in [0.5, 0.6) is 11.5 Å². The Bertz CT molecular complexity index is 1210. The summed E-state index contributed by atoms with van der Waals surface area (Å²) < 4.78 is 47.1. The molecular weight excluding hydrogens is 463 g/mol. The van der Waals surface area contributed by atoms with E-state index in [4.69, 9.17) is 4.74 Å². The summed E-state index contributed by atoms with van der Waals surface area (Å²) in [6.45, 7) is 3.59. The van der Waals surface area contributed by atoms with Gasteiger partial charge in [-0.15, -0.1) is 13.2 Å². The first-order valence-electron chi connectivity index (χ1n) is 10.7. The lowest BCUT2D eigenvalue weighted by Crippen LogP contribution is -2.43. The number of carbonyl (C=O) groups excluding carboxylic acids is 2. The summed E-state index contributed by atoms with van der Waals surface area (Å²) in [7, 11) is 0. The molecule has 0 bridgehead atoms. The number of hydrogen-bond donors (Lipinski definition) is 0. The van der Waals surface area contributed by atoms with Crippen molar-refractivity contribution in [2.45, 2.75) is 38.9 Å². The third-order valence-corrected chi connectivity index (χ3v) is 5.59. The fraction of sp³-hybridized carbons (Fsp3) is 0.240. The summed E-state index contributed by atoms with van der Waals surface area (Å²) in [5.41, 5.74) is 0.540. The highest BCUT2D eigenvalue weighted by Gasteiger charge is 2.52. The maximum Gasteiger partial charge on any atom is 0.573 e. The lowest BCUT2D eigenvalue weighted by molar-refractivity contribution is -0.274. The first-order chi connectivity index (χ1) is 16.6. The molecule has 1 aliphatic heterocycles. The topological polar surface area (TPSA) is 72.0 Å². The number of amides is 3. The van der Waals surface area contributed by atoms with Crippen molar-refractivity contribution >= 4 is 17.6 Å². The molecule has 0 aliphatic carbocycles. The highest BCUT2D eigenvalue weighted by molar-refractivity contribution is 6.22. The molecule has 1 saturated heterocycles. The number of halogens is 3. The summed E-state index contributed by atoms with van der Waals surface area (Å²) in [5, 5.41) is 0. The molecule has 10 heteroatoms. The van der Waals surface area contributed by atoms with Crippen molar-refractivity contribution < 1.29 is 32.2 Å². The molecule has 3 amide bonds. The van der Waals surface area contributed by atoms with Crippen LogP contribution in [0, 0.1) is 0 Å². The van der Waals surface area contributed by atoms with E-state index >= 15 is 0 Å². The molecule has 7 nitrogen and oxygen atoms in total. The largest absolute Gasteiger partial charge is 0.573 e. The van der Waals surface area contributed by atoms with E-state index in [0.717, 1.165) is 22.6 Å². The fourth-order valence-electron chi connectivity index (χ4n) is 3.70. The van der Waals surface area contributed by atoms with Crippen molar-refractivity contribution in [3.8, 4) is 11.5 Å². The number of benzene rings is 2. The van der Waals surface area contributed by atoms with Crippen LogP contribution in [0.3, 0.4) is 0 Å². The average molecular weight is 485 g/mol. The normalized spacial score (nSPS) is 15.5. The van der Waals surface area contributed by atoms with E-state index in [1.165, 1.54) is 17.0 Å². The number of anilines is 1. The smallest absolute Gasteiger partial charge is 0.487 e. The zero-order valence-corrected chi connectivity index (χ0v) is 19.0. The quantitative estimate of drug-likeness (QED) is 0.425. The lowest BCUT2D eigenvalue weighted by atomic mass is 10.0. The van der Waals surface area contributed by atoms with E-state index in [1.807, 2.05) is 30.3 Å². The molecule has 2 heterocycles. The number of carbonyl (C=O) groups is 2. The van der Waals surface area contributed by atoms with Gasteiger partial charge in [-0.25, -0.2) is 9.69 Å². The summed E-state index contributed by atoms with van der Waals surface area (Å²) in [6, 6.07) is 15.2. The first-order valence-corrected chi connectivity index (χ1v) is 10.7. The van der Waals surface area contributed by atoms with E-state index in [0.29, 0.717) is 17.9 Å². The summed E-state index contributed by atoms with van der Waals surface area (Å²) in [4.78, 5) is 32.9. The molecule has 1 fully saturated rings. The van der Waals surface area contributed by atoms with Crippen molar-refractivity contribution in [2.75, 3.05) is 4.90 Å². The van der Waals surface area contributed by atoms with Gasteiger partial charge in [0, 0.05) is 11.8 Å². The van der Waals surface area contributed by atoms with Gasteiger partial charge >= 0.3 is 12.4 Å². The van der Waals surface area contributed by atoms with E-state index in [9.17, 15) is 22.8 Å². The predicted molar refractivity (Wildman–Crippen MR) is 121 cm³/mol. The lowest BCUT2D eigenvalue weighted by Gasteiger charge is -2.28.